The Morgan fingerprint density at radius 2 is 2.08 bits per heavy atom. The van der Waals surface area contributed by atoms with Crippen LogP contribution < -0.4 is 10.2 Å². The molecule has 1 saturated heterocycles. The first-order valence-corrected chi connectivity index (χ1v) is 8.53. The van der Waals surface area contributed by atoms with Crippen molar-refractivity contribution in [1.29, 1.82) is 0 Å². The Kier molecular flexibility index (Phi) is 5.08. The van der Waals surface area contributed by atoms with Crippen LogP contribution in [0.3, 0.4) is 0 Å². The molecule has 0 aliphatic carbocycles. The van der Waals surface area contributed by atoms with Gasteiger partial charge in [0.05, 0.1) is 18.4 Å². The molecule has 5 nitrogen and oxygen atoms in total. The lowest BCUT2D eigenvalue weighted by atomic mass is 10.0. The molecule has 1 aromatic carbocycles. The van der Waals surface area contributed by atoms with Gasteiger partial charge in [-0.3, -0.25) is 4.79 Å². The molecule has 6 heteroatoms. The summed E-state index contributed by atoms with van der Waals surface area (Å²) in [7, 11) is 0. The number of benzene rings is 1. The normalized spacial score (nSPS) is 16.7. The van der Waals surface area contributed by atoms with Gasteiger partial charge in [0, 0.05) is 29.9 Å². The molecule has 1 amide bonds. The molecule has 0 saturated carbocycles. The first-order valence-electron chi connectivity index (χ1n) is 8.53. The Hall–Kier alpha value is -2.34. The number of carbonyl (C=O) groups excluding carboxylic acids is 1. The van der Waals surface area contributed by atoms with Crippen LogP contribution in [-0.2, 0) is 0 Å². The second-order valence-corrected chi connectivity index (χ2v) is 6.55. The Balaban J connectivity index is 1.81. The van der Waals surface area contributed by atoms with Crippen molar-refractivity contribution in [3.8, 4) is 0 Å². The zero-order valence-corrected chi connectivity index (χ0v) is 14.5. The standard InChI is InChI=1S/C19H23FN2O3/c1-12-7-10-25-18(12)19(24)21-13(2)16-11-14(20)3-4-17(16)22-8-5-15(23)6-9-22/h3-4,7,10-11,13,15,23H,5-6,8-9H2,1-2H3,(H,21,24). The van der Waals surface area contributed by atoms with Crippen molar-refractivity contribution < 1.29 is 18.7 Å². The van der Waals surface area contributed by atoms with Crippen molar-refractivity contribution in [1.82, 2.24) is 5.32 Å². The average Bonchev–Trinajstić information content (AvgIpc) is 3.02. The third-order valence-corrected chi connectivity index (χ3v) is 4.68. The molecular formula is C19H23FN2O3. The second kappa shape index (κ2) is 7.27. The molecule has 25 heavy (non-hydrogen) atoms. The van der Waals surface area contributed by atoms with Crippen molar-refractivity contribution in [3.05, 3.63) is 53.2 Å². The molecule has 3 rings (SSSR count). The predicted octanol–water partition coefficient (Wildman–Crippen LogP) is 3.18. The summed E-state index contributed by atoms with van der Waals surface area (Å²) in [5.74, 6) is -0.392. The molecular weight excluding hydrogens is 323 g/mol. The molecule has 134 valence electrons. The SMILES string of the molecule is Cc1ccoc1C(=O)NC(C)c1cc(F)ccc1N1CCC(O)CC1. The van der Waals surface area contributed by atoms with Crippen LogP contribution in [0, 0.1) is 12.7 Å². The summed E-state index contributed by atoms with van der Waals surface area (Å²) in [6.45, 7) is 5.04. The van der Waals surface area contributed by atoms with Gasteiger partial charge in [0.1, 0.15) is 5.82 Å². The number of aliphatic hydroxyl groups excluding tert-OH is 1. The number of aryl methyl sites for hydroxylation is 1. The van der Waals surface area contributed by atoms with Gasteiger partial charge in [-0.15, -0.1) is 0 Å². The van der Waals surface area contributed by atoms with Gasteiger partial charge in [0.15, 0.2) is 5.76 Å². The highest BCUT2D eigenvalue weighted by atomic mass is 19.1. The number of anilines is 1. The molecule has 1 aromatic heterocycles. The topological polar surface area (TPSA) is 65.7 Å². The molecule has 1 aliphatic rings. The molecule has 1 fully saturated rings. The highest BCUT2D eigenvalue weighted by Crippen LogP contribution is 2.30. The summed E-state index contributed by atoms with van der Waals surface area (Å²) < 4.78 is 19.0. The van der Waals surface area contributed by atoms with Gasteiger partial charge in [-0.05, 0) is 51.0 Å². The number of hydrogen-bond donors (Lipinski definition) is 2. The maximum absolute atomic E-state index is 13.8. The van der Waals surface area contributed by atoms with E-state index in [4.69, 9.17) is 4.42 Å². The van der Waals surface area contributed by atoms with Crippen LogP contribution in [0.1, 0.15) is 47.5 Å². The number of rotatable bonds is 4. The van der Waals surface area contributed by atoms with Crippen molar-refractivity contribution in [2.45, 2.75) is 38.8 Å². The Labute approximate surface area is 146 Å². The third-order valence-electron chi connectivity index (χ3n) is 4.68. The largest absolute Gasteiger partial charge is 0.459 e. The molecule has 0 bridgehead atoms. The van der Waals surface area contributed by atoms with Gasteiger partial charge >= 0.3 is 0 Å². The molecule has 2 heterocycles. The minimum Gasteiger partial charge on any atom is -0.459 e. The van der Waals surface area contributed by atoms with Crippen molar-refractivity contribution in [2.75, 3.05) is 18.0 Å². The number of furan rings is 1. The molecule has 2 N–H and O–H groups in total. The van der Waals surface area contributed by atoms with Gasteiger partial charge in [-0.1, -0.05) is 0 Å². The van der Waals surface area contributed by atoms with Gasteiger partial charge in [0.25, 0.3) is 5.91 Å². The van der Waals surface area contributed by atoms with Crippen LogP contribution in [0.2, 0.25) is 0 Å². The van der Waals surface area contributed by atoms with Gasteiger partial charge in [-0.25, -0.2) is 4.39 Å². The monoisotopic (exact) mass is 346 g/mol. The van der Waals surface area contributed by atoms with E-state index in [1.807, 2.05) is 6.92 Å². The fraction of sp³-hybridized carbons (Fsp3) is 0.421. The van der Waals surface area contributed by atoms with Crippen molar-refractivity contribution >= 4 is 11.6 Å². The number of piperidine rings is 1. The number of amides is 1. The van der Waals surface area contributed by atoms with Crippen molar-refractivity contribution in [3.63, 3.8) is 0 Å². The van der Waals surface area contributed by atoms with E-state index in [1.165, 1.54) is 18.4 Å². The highest BCUT2D eigenvalue weighted by Gasteiger charge is 2.23. The smallest absolute Gasteiger partial charge is 0.287 e. The fourth-order valence-corrected chi connectivity index (χ4v) is 3.21. The lowest BCUT2D eigenvalue weighted by molar-refractivity contribution is 0.0911. The lowest BCUT2D eigenvalue weighted by Crippen LogP contribution is -2.37. The molecule has 2 aromatic rings. The quantitative estimate of drug-likeness (QED) is 0.892. The summed E-state index contributed by atoms with van der Waals surface area (Å²) in [5, 5.41) is 12.6. The van der Waals surface area contributed by atoms with Gasteiger partial charge in [-0.2, -0.15) is 0 Å². The average molecular weight is 346 g/mol. The second-order valence-electron chi connectivity index (χ2n) is 6.55. The van der Waals surface area contributed by atoms with E-state index in [0.29, 0.717) is 31.5 Å². The van der Waals surface area contributed by atoms with Crippen LogP contribution >= 0.6 is 0 Å². The summed E-state index contributed by atoms with van der Waals surface area (Å²) in [6, 6.07) is 5.97. The number of nitrogens with one attached hydrogen (secondary N) is 1. The molecule has 0 radical (unpaired) electrons. The molecule has 0 spiro atoms. The van der Waals surface area contributed by atoms with E-state index in [1.54, 1.807) is 19.1 Å². The zero-order valence-electron chi connectivity index (χ0n) is 14.5. The third kappa shape index (κ3) is 3.85. The summed E-state index contributed by atoms with van der Waals surface area (Å²) in [4.78, 5) is 14.5. The Morgan fingerprint density at radius 1 is 1.36 bits per heavy atom. The lowest BCUT2D eigenvalue weighted by Gasteiger charge is -2.34. The van der Waals surface area contributed by atoms with Gasteiger partial charge in [0.2, 0.25) is 0 Å². The molecule has 1 unspecified atom stereocenters. The maximum atomic E-state index is 13.8. The molecule has 1 atom stereocenters. The van der Waals surface area contributed by atoms with E-state index in [9.17, 15) is 14.3 Å². The van der Waals surface area contributed by atoms with Crippen molar-refractivity contribution in [2.24, 2.45) is 0 Å². The fourth-order valence-electron chi connectivity index (χ4n) is 3.21. The summed E-state index contributed by atoms with van der Waals surface area (Å²) in [6.07, 6.45) is 2.56. The van der Waals surface area contributed by atoms with E-state index < -0.39 is 0 Å². The van der Waals surface area contributed by atoms with E-state index in [-0.39, 0.29) is 29.6 Å². The minimum absolute atomic E-state index is 0.269. The Morgan fingerprint density at radius 3 is 2.72 bits per heavy atom. The van der Waals surface area contributed by atoms with E-state index in [2.05, 4.69) is 10.2 Å². The van der Waals surface area contributed by atoms with Crippen LogP contribution in [0.4, 0.5) is 10.1 Å². The Bertz CT molecular complexity index is 751. The maximum Gasteiger partial charge on any atom is 0.287 e. The predicted molar refractivity (Wildman–Crippen MR) is 93.2 cm³/mol. The number of carbonyl (C=O) groups is 1. The van der Waals surface area contributed by atoms with E-state index in [0.717, 1.165) is 11.3 Å². The highest BCUT2D eigenvalue weighted by molar-refractivity contribution is 5.93. The number of nitrogens with zero attached hydrogens (tertiary/aromatic N) is 1. The first-order chi connectivity index (χ1) is 12.0. The van der Waals surface area contributed by atoms with Gasteiger partial charge < -0.3 is 19.7 Å². The van der Waals surface area contributed by atoms with Crippen LogP contribution in [0.25, 0.3) is 0 Å². The number of hydrogen-bond acceptors (Lipinski definition) is 4. The molecule has 1 aliphatic heterocycles. The van der Waals surface area contributed by atoms with Crippen LogP contribution in [0.5, 0.6) is 0 Å². The summed E-state index contributed by atoms with van der Waals surface area (Å²) in [5.41, 5.74) is 2.36. The van der Waals surface area contributed by atoms with Crippen LogP contribution in [0.15, 0.2) is 34.9 Å². The van der Waals surface area contributed by atoms with E-state index >= 15 is 0 Å². The zero-order chi connectivity index (χ0) is 18.0. The summed E-state index contributed by atoms with van der Waals surface area (Å²) >= 11 is 0. The first kappa shape index (κ1) is 17.5. The van der Waals surface area contributed by atoms with Crippen LogP contribution in [-0.4, -0.2) is 30.2 Å². The minimum atomic E-state index is -0.380. The number of aliphatic hydroxyl groups is 1. The number of halogens is 1.